The zero-order chi connectivity index (χ0) is 14.6. The van der Waals surface area contributed by atoms with Crippen LogP contribution in [0.4, 0.5) is 15.8 Å². The van der Waals surface area contributed by atoms with E-state index < -0.39 is 28.4 Å². The lowest BCUT2D eigenvalue weighted by atomic mass is 10.2. The number of ether oxygens (including phenoxy) is 1. The normalized spacial score (nSPS) is 11.8. The van der Waals surface area contributed by atoms with E-state index in [1.54, 1.807) is 6.92 Å². The Kier molecular flexibility index (Phi) is 5.22. The summed E-state index contributed by atoms with van der Waals surface area (Å²) in [7, 11) is 0. The van der Waals surface area contributed by atoms with E-state index in [0.29, 0.717) is 0 Å². The molecule has 0 fully saturated rings. The van der Waals surface area contributed by atoms with Crippen LogP contribution in [0.25, 0.3) is 0 Å². The Morgan fingerprint density at radius 2 is 2.26 bits per heavy atom. The van der Waals surface area contributed by atoms with Crippen LogP contribution in [0.15, 0.2) is 16.6 Å². The molecule has 6 nitrogen and oxygen atoms in total. The minimum absolute atomic E-state index is 0.0342. The zero-order valence-electron chi connectivity index (χ0n) is 10.3. The molecule has 0 saturated carbocycles. The van der Waals surface area contributed by atoms with Gasteiger partial charge in [0.2, 0.25) is 0 Å². The van der Waals surface area contributed by atoms with Crippen molar-refractivity contribution in [3.05, 3.63) is 32.5 Å². The number of benzene rings is 1. The number of halogens is 2. The number of nitrogens with zero attached hydrogens (tertiary/aromatic N) is 1. The highest BCUT2D eigenvalue weighted by Crippen LogP contribution is 2.34. The van der Waals surface area contributed by atoms with E-state index in [4.69, 9.17) is 4.74 Å². The van der Waals surface area contributed by atoms with Crippen LogP contribution in [0.1, 0.15) is 13.8 Å². The van der Waals surface area contributed by atoms with Gasteiger partial charge in [-0.2, -0.15) is 0 Å². The van der Waals surface area contributed by atoms with E-state index in [0.717, 1.165) is 12.1 Å². The van der Waals surface area contributed by atoms with Crippen molar-refractivity contribution < 1.29 is 18.8 Å². The molecular weight excluding hydrogens is 323 g/mol. The number of anilines is 1. The van der Waals surface area contributed by atoms with Crippen LogP contribution in [0.2, 0.25) is 0 Å². The number of nitro benzene ring substituents is 1. The van der Waals surface area contributed by atoms with E-state index in [-0.39, 0.29) is 16.8 Å². The van der Waals surface area contributed by atoms with Gasteiger partial charge in [-0.1, -0.05) is 0 Å². The molecule has 104 valence electrons. The molecular formula is C11H12BrFN2O4. The molecule has 0 aliphatic carbocycles. The minimum atomic E-state index is -0.791. The molecule has 0 radical (unpaired) electrons. The number of carbonyl (C=O) groups is 1. The molecule has 0 aliphatic heterocycles. The van der Waals surface area contributed by atoms with Crippen molar-refractivity contribution in [1.29, 1.82) is 0 Å². The number of hydrogen-bond acceptors (Lipinski definition) is 5. The first-order valence-electron chi connectivity index (χ1n) is 5.43. The topological polar surface area (TPSA) is 81.5 Å². The van der Waals surface area contributed by atoms with E-state index in [2.05, 4.69) is 21.2 Å². The third-order valence-corrected chi connectivity index (χ3v) is 2.86. The third kappa shape index (κ3) is 3.88. The summed E-state index contributed by atoms with van der Waals surface area (Å²) in [5.41, 5.74) is -0.421. The van der Waals surface area contributed by atoms with Crippen LogP contribution >= 0.6 is 15.9 Å². The molecule has 0 bridgehead atoms. The Hall–Kier alpha value is -1.70. The highest BCUT2D eigenvalue weighted by Gasteiger charge is 2.23. The number of nitro groups is 1. The Bertz CT molecular complexity index is 510. The second-order valence-corrected chi connectivity index (χ2v) is 4.51. The number of carbonyl (C=O) groups excluding carboxylic acids is 1. The van der Waals surface area contributed by atoms with Crippen molar-refractivity contribution in [2.24, 2.45) is 0 Å². The van der Waals surface area contributed by atoms with Gasteiger partial charge in [0.1, 0.15) is 17.5 Å². The van der Waals surface area contributed by atoms with Crippen molar-refractivity contribution in [2.45, 2.75) is 19.9 Å². The lowest BCUT2D eigenvalue weighted by Crippen LogP contribution is -2.28. The largest absolute Gasteiger partial charge is 0.464 e. The number of hydrogen-bond donors (Lipinski definition) is 1. The van der Waals surface area contributed by atoms with E-state index in [1.807, 2.05) is 0 Å². The predicted molar refractivity (Wildman–Crippen MR) is 70.5 cm³/mol. The summed E-state index contributed by atoms with van der Waals surface area (Å²) >= 11 is 3.02. The summed E-state index contributed by atoms with van der Waals surface area (Å²) in [6.07, 6.45) is 0. The smallest absolute Gasteiger partial charge is 0.328 e. The van der Waals surface area contributed by atoms with Gasteiger partial charge in [-0.15, -0.1) is 0 Å². The number of nitrogens with one attached hydrogen (secondary N) is 1. The quantitative estimate of drug-likeness (QED) is 0.508. The maximum Gasteiger partial charge on any atom is 0.328 e. The second kappa shape index (κ2) is 6.46. The van der Waals surface area contributed by atoms with E-state index >= 15 is 0 Å². The van der Waals surface area contributed by atoms with Gasteiger partial charge in [-0.25, -0.2) is 9.18 Å². The van der Waals surface area contributed by atoms with E-state index in [1.165, 1.54) is 6.92 Å². The van der Waals surface area contributed by atoms with Crippen LogP contribution in [-0.2, 0) is 9.53 Å². The molecule has 0 spiro atoms. The van der Waals surface area contributed by atoms with Gasteiger partial charge < -0.3 is 10.1 Å². The Morgan fingerprint density at radius 3 is 2.79 bits per heavy atom. The fraction of sp³-hybridized carbons (Fsp3) is 0.364. The SMILES string of the molecule is CCOC(=O)[C@H](C)Nc1c(Br)cc(F)cc1[N+](=O)[O-]. The average molecular weight is 335 g/mol. The summed E-state index contributed by atoms with van der Waals surface area (Å²) in [4.78, 5) is 21.6. The molecule has 1 aromatic rings. The van der Waals surface area contributed by atoms with Gasteiger partial charge in [0.25, 0.3) is 5.69 Å². The van der Waals surface area contributed by atoms with E-state index in [9.17, 15) is 19.3 Å². The highest BCUT2D eigenvalue weighted by molar-refractivity contribution is 9.10. The summed E-state index contributed by atoms with van der Waals surface area (Å²) in [5.74, 6) is -1.29. The first kappa shape index (κ1) is 15.4. The number of esters is 1. The number of rotatable bonds is 5. The maximum atomic E-state index is 13.1. The Labute approximate surface area is 117 Å². The zero-order valence-corrected chi connectivity index (χ0v) is 11.9. The molecule has 0 saturated heterocycles. The molecule has 0 heterocycles. The van der Waals surface area contributed by atoms with Gasteiger partial charge >= 0.3 is 5.97 Å². The highest BCUT2D eigenvalue weighted by atomic mass is 79.9. The van der Waals surface area contributed by atoms with Crippen LogP contribution in [0, 0.1) is 15.9 Å². The van der Waals surface area contributed by atoms with Crippen molar-refractivity contribution in [2.75, 3.05) is 11.9 Å². The van der Waals surface area contributed by atoms with Crippen LogP contribution in [0.3, 0.4) is 0 Å². The fourth-order valence-corrected chi connectivity index (χ4v) is 1.93. The minimum Gasteiger partial charge on any atom is -0.464 e. The molecule has 1 aromatic carbocycles. The first-order valence-corrected chi connectivity index (χ1v) is 6.22. The summed E-state index contributed by atoms with van der Waals surface area (Å²) in [5, 5.41) is 13.5. The third-order valence-electron chi connectivity index (χ3n) is 2.23. The monoisotopic (exact) mass is 334 g/mol. The Morgan fingerprint density at radius 1 is 1.63 bits per heavy atom. The Balaban J connectivity index is 3.06. The standard InChI is InChI=1S/C11H12BrFN2O4/c1-3-19-11(16)6(2)14-10-8(12)4-7(13)5-9(10)15(17)18/h4-6,14H,3H2,1-2H3/t6-/m0/s1. The molecule has 0 aliphatic rings. The summed E-state index contributed by atoms with van der Waals surface area (Å²) in [6.45, 7) is 3.36. The van der Waals surface area contributed by atoms with Crippen molar-refractivity contribution in [3.8, 4) is 0 Å². The van der Waals surface area contributed by atoms with Crippen molar-refractivity contribution in [1.82, 2.24) is 0 Å². The molecule has 1 rings (SSSR count). The first-order chi connectivity index (χ1) is 8.86. The van der Waals surface area contributed by atoms with Crippen LogP contribution in [-0.4, -0.2) is 23.5 Å². The lowest BCUT2D eigenvalue weighted by Gasteiger charge is -2.15. The summed E-state index contributed by atoms with van der Waals surface area (Å²) in [6, 6.07) is 1.07. The molecule has 19 heavy (non-hydrogen) atoms. The molecule has 0 aromatic heterocycles. The predicted octanol–water partition coefficient (Wildman–Crippen LogP) is 2.86. The molecule has 8 heteroatoms. The second-order valence-electron chi connectivity index (χ2n) is 3.66. The maximum absolute atomic E-state index is 13.1. The molecule has 1 atom stereocenters. The molecule has 0 amide bonds. The molecule has 1 N–H and O–H groups in total. The lowest BCUT2D eigenvalue weighted by molar-refractivity contribution is -0.384. The average Bonchev–Trinajstić information content (AvgIpc) is 2.32. The van der Waals surface area contributed by atoms with Crippen LogP contribution in [0.5, 0.6) is 0 Å². The fourth-order valence-electron chi connectivity index (χ4n) is 1.39. The van der Waals surface area contributed by atoms with Gasteiger partial charge in [-0.05, 0) is 35.8 Å². The van der Waals surface area contributed by atoms with Gasteiger partial charge in [0, 0.05) is 0 Å². The van der Waals surface area contributed by atoms with Gasteiger partial charge in [0.05, 0.1) is 22.1 Å². The van der Waals surface area contributed by atoms with Crippen LogP contribution < -0.4 is 5.32 Å². The molecule has 0 unspecified atom stereocenters. The van der Waals surface area contributed by atoms with Crippen molar-refractivity contribution in [3.63, 3.8) is 0 Å². The van der Waals surface area contributed by atoms with Gasteiger partial charge in [-0.3, -0.25) is 10.1 Å². The summed E-state index contributed by atoms with van der Waals surface area (Å²) < 4.78 is 18.1. The van der Waals surface area contributed by atoms with Gasteiger partial charge in [0.15, 0.2) is 0 Å². The van der Waals surface area contributed by atoms with Crippen molar-refractivity contribution >= 4 is 33.3 Å².